The van der Waals surface area contributed by atoms with Crippen LogP contribution in [-0.4, -0.2) is 24.6 Å². The van der Waals surface area contributed by atoms with Gasteiger partial charge in [-0.15, -0.1) is 0 Å². The Labute approximate surface area is 211 Å². The second-order valence-corrected chi connectivity index (χ2v) is 9.13. The van der Waals surface area contributed by atoms with E-state index < -0.39 is 29.7 Å². The minimum Gasteiger partial charge on any atom is -0.445 e. The zero-order valence-electron chi connectivity index (χ0n) is 18.5. The average molecular weight is 519 g/mol. The fraction of sp³-hybridized carbons (Fsp3) is 0.231. The van der Waals surface area contributed by atoms with Crippen molar-refractivity contribution in [3.05, 3.63) is 99.5 Å². The van der Waals surface area contributed by atoms with E-state index in [1.54, 1.807) is 18.2 Å². The molecule has 1 fully saturated rings. The van der Waals surface area contributed by atoms with Crippen molar-refractivity contribution in [2.75, 3.05) is 11.4 Å². The maximum atomic E-state index is 14.3. The van der Waals surface area contributed by atoms with Crippen LogP contribution in [0.5, 0.6) is 0 Å². The highest BCUT2D eigenvalue weighted by atomic mass is 35.5. The van der Waals surface area contributed by atoms with Crippen LogP contribution in [0.2, 0.25) is 10.0 Å². The molecule has 2 atom stereocenters. The molecule has 9 heteroatoms. The highest BCUT2D eigenvalue weighted by molar-refractivity contribution is 6.40. The van der Waals surface area contributed by atoms with Gasteiger partial charge in [-0.2, -0.15) is 0 Å². The Balaban J connectivity index is 1.55. The number of nitrogens with one attached hydrogen (secondary N) is 1. The molecule has 0 aromatic heterocycles. The van der Waals surface area contributed by atoms with Crippen molar-refractivity contribution in [3.8, 4) is 0 Å². The molecule has 1 aliphatic heterocycles. The second-order valence-electron chi connectivity index (χ2n) is 8.32. The summed E-state index contributed by atoms with van der Waals surface area (Å²) in [5.74, 6) is -2.03. The highest BCUT2D eigenvalue weighted by Gasteiger charge is 2.38. The molecule has 3 aromatic carbocycles. The third-order valence-electron chi connectivity index (χ3n) is 5.81. The van der Waals surface area contributed by atoms with Gasteiger partial charge in [0.25, 0.3) is 0 Å². The first-order chi connectivity index (χ1) is 16.8. The molecule has 0 bridgehead atoms. The number of carbonyl (C=O) groups is 2. The summed E-state index contributed by atoms with van der Waals surface area (Å²) in [6.45, 7) is 0.230. The highest BCUT2D eigenvalue weighted by Crippen LogP contribution is 2.37. The summed E-state index contributed by atoms with van der Waals surface area (Å²) >= 11 is 12.7. The van der Waals surface area contributed by atoms with Crippen LogP contribution < -0.4 is 10.2 Å². The Morgan fingerprint density at radius 3 is 2.43 bits per heavy atom. The van der Waals surface area contributed by atoms with E-state index in [1.165, 1.54) is 17.0 Å². The van der Waals surface area contributed by atoms with Gasteiger partial charge in [0, 0.05) is 12.6 Å². The zero-order chi connectivity index (χ0) is 24.9. The van der Waals surface area contributed by atoms with E-state index in [0.29, 0.717) is 11.3 Å². The smallest absolute Gasteiger partial charge is 0.408 e. The molecule has 2 amide bonds. The summed E-state index contributed by atoms with van der Waals surface area (Å²) in [5.41, 5.74) is 1.42. The first-order valence-corrected chi connectivity index (χ1v) is 11.7. The van der Waals surface area contributed by atoms with Gasteiger partial charge in [0.2, 0.25) is 5.91 Å². The molecule has 0 spiro atoms. The second kappa shape index (κ2) is 11.1. The lowest BCUT2D eigenvalue weighted by atomic mass is 9.87. The lowest BCUT2D eigenvalue weighted by Crippen LogP contribution is -2.55. The molecule has 0 unspecified atom stereocenters. The number of halogens is 4. The number of hydrogen-bond donors (Lipinski definition) is 1. The molecule has 1 saturated heterocycles. The first-order valence-electron chi connectivity index (χ1n) is 11.0. The number of carbonyl (C=O) groups excluding carboxylic acids is 2. The predicted molar refractivity (Wildman–Crippen MR) is 131 cm³/mol. The Hall–Kier alpha value is -3.16. The third-order valence-corrected chi connectivity index (χ3v) is 6.42. The van der Waals surface area contributed by atoms with Gasteiger partial charge in [-0.05, 0) is 48.1 Å². The summed E-state index contributed by atoms with van der Waals surface area (Å²) in [6, 6.07) is 16.4. The van der Waals surface area contributed by atoms with Crippen molar-refractivity contribution in [1.29, 1.82) is 0 Å². The number of nitrogens with zero attached hydrogens (tertiary/aromatic N) is 1. The molecule has 0 saturated carbocycles. The number of benzene rings is 3. The van der Waals surface area contributed by atoms with Gasteiger partial charge in [0.15, 0.2) is 0 Å². The average Bonchev–Trinajstić information content (AvgIpc) is 2.83. The molecule has 0 radical (unpaired) electrons. The van der Waals surface area contributed by atoms with Crippen LogP contribution in [-0.2, 0) is 22.6 Å². The summed E-state index contributed by atoms with van der Waals surface area (Å²) in [6.07, 6.45) is -0.310. The normalized spacial score (nSPS) is 17.8. The molecule has 35 heavy (non-hydrogen) atoms. The largest absolute Gasteiger partial charge is 0.445 e. The molecule has 1 aliphatic rings. The number of amides is 2. The van der Waals surface area contributed by atoms with Gasteiger partial charge in [-0.3, -0.25) is 4.79 Å². The number of alkyl carbamates (subject to hydrolysis) is 1. The van der Waals surface area contributed by atoms with Crippen molar-refractivity contribution >= 4 is 40.9 Å². The van der Waals surface area contributed by atoms with Crippen molar-refractivity contribution in [1.82, 2.24) is 5.32 Å². The zero-order valence-corrected chi connectivity index (χ0v) is 20.0. The minimum absolute atomic E-state index is 0.0395. The molecule has 5 nitrogen and oxygen atoms in total. The maximum Gasteiger partial charge on any atom is 0.408 e. The number of ether oxygens (including phenoxy) is 1. The molecule has 1 heterocycles. The fourth-order valence-corrected chi connectivity index (χ4v) is 4.77. The summed E-state index contributed by atoms with van der Waals surface area (Å²) < 4.78 is 33.0. The fourth-order valence-electron chi connectivity index (χ4n) is 4.17. The van der Waals surface area contributed by atoms with Gasteiger partial charge in [0.05, 0.1) is 15.7 Å². The quantitative estimate of drug-likeness (QED) is 0.424. The van der Waals surface area contributed by atoms with E-state index in [1.807, 2.05) is 30.3 Å². The maximum absolute atomic E-state index is 14.3. The van der Waals surface area contributed by atoms with Crippen molar-refractivity contribution in [3.63, 3.8) is 0 Å². The van der Waals surface area contributed by atoms with Gasteiger partial charge in [-0.1, -0.05) is 65.7 Å². The van der Waals surface area contributed by atoms with Crippen LogP contribution in [0.4, 0.5) is 19.3 Å². The van der Waals surface area contributed by atoms with Crippen LogP contribution in [0, 0.1) is 17.6 Å². The van der Waals surface area contributed by atoms with Crippen LogP contribution in [0.15, 0.2) is 66.7 Å². The Kier molecular flexibility index (Phi) is 7.88. The number of para-hydroxylation sites is 1. The molecule has 0 aliphatic carbocycles. The van der Waals surface area contributed by atoms with E-state index in [9.17, 15) is 18.4 Å². The van der Waals surface area contributed by atoms with Crippen LogP contribution in [0.1, 0.15) is 17.5 Å². The van der Waals surface area contributed by atoms with Gasteiger partial charge >= 0.3 is 6.09 Å². The standard InChI is InChI=1S/C26H22Cl2F2N2O3/c27-20-7-4-8-21(28)24(20)32-14-17(11-18-9-10-19(29)13-22(18)30)12-23(25(32)33)31-26(34)35-15-16-5-2-1-3-6-16/h1-10,13,17,23H,11-12,14-15H2,(H,31,34)/t17-,23-/m0/s1. The number of piperidine rings is 1. The van der Waals surface area contributed by atoms with Crippen LogP contribution in [0.25, 0.3) is 0 Å². The molecular formula is C26H22Cl2F2N2O3. The lowest BCUT2D eigenvalue weighted by Gasteiger charge is -2.38. The molecule has 1 N–H and O–H groups in total. The molecule has 3 aromatic rings. The van der Waals surface area contributed by atoms with Gasteiger partial charge in [-0.25, -0.2) is 13.6 Å². The van der Waals surface area contributed by atoms with Gasteiger partial charge in [0.1, 0.15) is 24.3 Å². The topological polar surface area (TPSA) is 58.6 Å². The van der Waals surface area contributed by atoms with E-state index >= 15 is 0 Å². The summed E-state index contributed by atoms with van der Waals surface area (Å²) in [7, 11) is 0. The van der Waals surface area contributed by atoms with Crippen LogP contribution in [0.3, 0.4) is 0 Å². The molecule has 4 rings (SSSR count). The van der Waals surface area contributed by atoms with Crippen molar-refractivity contribution in [2.24, 2.45) is 5.92 Å². The van der Waals surface area contributed by atoms with Crippen LogP contribution >= 0.6 is 23.2 Å². The van der Waals surface area contributed by atoms with Crippen molar-refractivity contribution < 1.29 is 23.1 Å². The Morgan fingerprint density at radius 2 is 1.74 bits per heavy atom. The predicted octanol–water partition coefficient (Wildman–Crippen LogP) is 6.16. The van der Waals surface area contributed by atoms with Gasteiger partial charge < -0.3 is 15.0 Å². The SMILES string of the molecule is O=C(N[C@H]1C[C@H](Cc2ccc(F)cc2F)CN(c2c(Cl)cccc2Cl)C1=O)OCc1ccccc1. The Morgan fingerprint density at radius 1 is 1.03 bits per heavy atom. The number of anilines is 1. The van der Waals surface area contributed by atoms with E-state index in [0.717, 1.165) is 11.6 Å². The lowest BCUT2D eigenvalue weighted by molar-refractivity contribution is -0.122. The van der Waals surface area contributed by atoms with E-state index in [4.69, 9.17) is 27.9 Å². The minimum atomic E-state index is -0.951. The number of hydrogen-bond acceptors (Lipinski definition) is 3. The van der Waals surface area contributed by atoms with E-state index in [-0.39, 0.29) is 42.0 Å². The monoisotopic (exact) mass is 518 g/mol. The summed E-state index contributed by atoms with van der Waals surface area (Å²) in [5, 5.41) is 3.16. The third kappa shape index (κ3) is 6.10. The molecular weight excluding hydrogens is 497 g/mol. The first kappa shape index (κ1) is 24.9. The summed E-state index contributed by atoms with van der Waals surface area (Å²) in [4.78, 5) is 27.3. The molecule has 182 valence electrons. The Bertz CT molecular complexity index is 1210. The van der Waals surface area contributed by atoms with Crippen molar-refractivity contribution in [2.45, 2.75) is 25.5 Å². The van der Waals surface area contributed by atoms with E-state index in [2.05, 4.69) is 5.32 Å². The number of rotatable bonds is 6.